The molecule has 0 aliphatic heterocycles. The predicted molar refractivity (Wildman–Crippen MR) is 207 cm³/mol. The summed E-state index contributed by atoms with van der Waals surface area (Å²) in [7, 11) is 0. The molecule has 4 atom stereocenters. The van der Waals surface area contributed by atoms with Crippen molar-refractivity contribution in [2.45, 2.75) is 51.1 Å². The molecule has 3 aromatic carbocycles. The molecule has 0 bridgehead atoms. The number of esters is 4. The van der Waals surface area contributed by atoms with Gasteiger partial charge in [-0.25, -0.2) is 19.2 Å². The van der Waals surface area contributed by atoms with E-state index in [1.807, 2.05) is 0 Å². The lowest BCUT2D eigenvalue weighted by atomic mass is 10.1. The zero-order chi connectivity index (χ0) is 42.5. The monoisotopic (exact) mass is 810 g/mol. The lowest BCUT2D eigenvalue weighted by Gasteiger charge is -2.15. The molecule has 58 heavy (non-hydrogen) atoms. The maximum absolute atomic E-state index is 12.7. The van der Waals surface area contributed by atoms with Crippen LogP contribution in [0.1, 0.15) is 47.4 Å². The summed E-state index contributed by atoms with van der Waals surface area (Å²) in [5.74, 6) is -1.12. The van der Waals surface area contributed by atoms with Gasteiger partial charge >= 0.3 is 23.9 Å². The molecule has 4 unspecified atom stereocenters. The van der Waals surface area contributed by atoms with Gasteiger partial charge in [0, 0.05) is 36.1 Å². The lowest BCUT2D eigenvalue weighted by molar-refractivity contribution is -0.143. The standard InChI is InChI=1S/C42H50O16/c1-27(2)39(47)55-25-33(45)23-53-37-12-6-10-35(19-37)51-16-14-31(43)21-57-41(49)29-8-5-9-30(18-29)42(50)58-22-32(44)15-17-52-36-11-7-13-38(20-36)54-24-34(46)26-56-40(48)28(3)4/h5-13,18-20,31-34,43-46H,1,3,14-17,21-26H2,2,4H3. The average molecular weight is 811 g/mol. The first kappa shape index (κ1) is 46.4. The second-order valence-corrected chi connectivity index (χ2v) is 13.0. The summed E-state index contributed by atoms with van der Waals surface area (Å²) in [6, 6.07) is 18.8. The molecule has 0 aliphatic rings. The summed E-state index contributed by atoms with van der Waals surface area (Å²) >= 11 is 0. The van der Waals surface area contributed by atoms with Gasteiger partial charge in [0.1, 0.15) is 74.8 Å². The van der Waals surface area contributed by atoms with Crippen molar-refractivity contribution in [1.82, 2.24) is 0 Å². The Labute approximate surface area is 336 Å². The fraction of sp³-hybridized carbons (Fsp3) is 0.381. The molecule has 0 saturated carbocycles. The zero-order valence-electron chi connectivity index (χ0n) is 32.4. The number of rotatable bonds is 26. The molecule has 0 heterocycles. The molecular weight excluding hydrogens is 760 g/mol. The number of carbonyl (C=O) groups excluding carboxylic acids is 4. The Balaban J connectivity index is 1.32. The van der Waals surface area contributed by atoms with Gasteiger partial charge in [0.25, 0.3) is 0 Å². The maximum Gasteiger partial charge on any atom is 0.338 e. The van der Waals surface area contributed by atoms with Crippen LogP contribution in [0, 0.1) is 0 Å². The molecule has 3 rings (SSSR count). The average Bonchev–Trinajstić information content (AvgIpc) is 3.21. The van der Waals surface area contributed by atoms with Crippen LogP contribution >= 0.6 is 0 Å². The van der Waals surface area contributed by atoms with Gasteiger partial charge in [0.15, 0.2) is 0 Å². The van der Waals surface area contributed by atoms with Crippen LogP contribution < -0.4 is 18.9 Å². The second-order valence-electron chi connectivity index (χ2n) is 13.0. The molecule has 0 fully saturated rings. The van der Waals surface area contributed by atoms with Crippen LogP contribution in [-0.4, -0.2) is 122 Å². The van der Waals surface area contributed by atoms with Crippen LogP contribution in [0.3, 0.4) is 0 Å². The SMILES string of the molecule is C=C(C)C(=O)OCC(O)COc1cccc(OCCC(O)COC(=O)c2cccc(C(=O)OCC(O)CCOc3cccc(OCC(O)COC(=O)C(=C)C)c3)c2)c1. The van der Waals surface area contributed by atoms with Gasteiger partial charge in [-0.15, -0.1) is 0 Å². The third-order valence-corrected chi connectivity index (χ3v) is 7.59. The molecule has 314 valence electrons. The Morgan fingerprint density at radius 1 is 0.483 bits per heavy atom. The number of carbonyl (C=O) groups is 4. The molecule has 0 spiro atoms. The smallest absolute Gasteiger partial charge is 0.338 e. The number of ether oxygens (including phenoxy) is 8. The van der Waals surface area contributed by atoms with Gasteiger partial charge in [0.05, 0.1) is 36.5 Å². The van der Waals surface area contributed by atoms with Crippen molar-refractivity contribution < 1.29 is 77.5 Å². The Kier molecular flexibility index (Phi) is 19.7. The fourth-order valence-electron chi connectivity index (χ4n) is 4.45. The summed E-state index contributed by atoms with van der Waals surface area (Å²) in [5, 5.41) is 40.7. The van der Waals surface area contributed by atoms with Gasteiger partial charge in [-0.05, 0) is 56.3 Å². The maximum atomic E-state index is 12.7. The number of hydrogen-bond donors (Lipinski definition) is 4. The van der Waals surface area contributed by atoms with Crippen LogP contribution in [0.5, 0.6) is 23.0 Å². The van der Waals surface area contributed by atoms with Crippen LogP contribution in [-0.2, 0) is 28.5 Å². The summed E-state index contributed by atoms with van der Waals surface area (Å²) in [6.45, 7) is 8.65. The molecule has 3 aromatic rings. The summed E-state index contributed by atoms with van der Waals surface area (Å²) < 4.78 is 42.6. The summed E-state index contributed by atoms with van der Waals surface area (Å²) in [5.41, 5.74) is 0.536. The first-order chi connectivity index (χ1) is 27.7. The zero-order valence-corrected chi connectivity index (χ0v) is 32.4. The highest BCUT2D eigenvalue weighted by molar-refractivity contribution is 5.95. The first-order valence-electron chi connectivity index (χ1n) is 18.2. The van der Waals surface area contributed by atoms with E-state index in [1.165, 1.54) is 38.1 Å². The number of aliphatic hydroxyl groups is 4. The van der Waals surface area contributed by atoms with Gasteiger partial charge in [0.2, 0.25) is 0 Å². The van der Waals surface area contributed by atoms with Crippen LogP contribution in [0.15, 0.2) is 97.1 Å². The van der Waals surface area contributed by atoms with Gasteiger partial charge in [-0.1, -0.05) is 31.4 Å². The Morgan fingerprint density at radius 3 is 1.21 bits per heavy atom. The Morgan fingerprint density at radius 2 is 0.828 bits per heavy atom. The summed E-state index contributed by atoms with van der Waals surface area (Å²) in [4.78, 5) is 48.2. The fourth-order valence-corrected chi connectivity index (χ4v) is 4.45. The molecule has 4 N–H and O–H groups in total. The molecule has 0 amide bonds. The minimum atomic E-state index is -1.05. The summed E-state index contributed by atoms with van der Waals surface area (Å²) in [6.07, 6.45) is -3.97. The minimum Gasteiger partial charge on any atom is -0.493 e. The predicted octanol–water partition coefficient (Wildman–Crippen LogP) is 3.38. The van der Waals surface area contributed by atoms with E-state index in [1.54, 1.807) is 48.5 Å². The van der Waals surface area contributed by atoms with Crippen LogP contribution in [0.25, 0.3) is 0 Å². The molecule has 16 heteroatoms. The van der Waals surface area contributed by atoms with Crippen LogP contribution in [0.4, 0.5) is 0 Å². The van der Waals surface area contributed by atoms with Crippen molar-refractivity contribution in [3.05, 3.63) is 108 Å². The Hall–Kier alpha value is -5.94. The highest BCUT2D eigenvalue weighted by Crippen LogP contribution is 2.21. The van der Waals surface area contributed by atoms with E-state index in [0.717, 1.165) is 0 Å². The molecule has 0 saturated heterocycles. The van der Waals surface area contributed by atoms with E-state index in [-0.39, 0.29) is 88.0 Å². The van der Waals surface area contributed by atoms with Crippen molar-refractivity contribution in [2.75, 3.05) is 52.9 Å². The van der Waals surface area contributed by atoms with E-state index in [4.69, 9.17) is 37.9 Å². The van der Waals surface area contributed by atoms with Crippen molar-refractivity contribution in [3.63, 3.8) is 0 Å². The van der Waals surface area contributed by atoms with Gasteiger partial charge in [-0.2, -0.15) is 0 Å². The van der Waals surface area contributed by atoms with Crippen molar-refractivity contribution >= 4 is 23.9 Å². The molecular formula is C42H50O16. The molecule has 0 radical (unpaired) electrons. The largest absolute Gasteiger partial charge is 0.493 e. The lowest BCUT2D eigenvalue weighted by Crippen LogP contribution is -2.25. The highest BCUT2D eigenvalue weighted by Gasteiger charge is 2.17. The van der Waals surface area contributed by atoms with E-state index < -0.39 is 48.3 Å². The van der Waals surface area contributed by atoms with E-state index in [9.17, 15) is 39.6 Å². The van der Waals surface area contributed by atoms with Crippen molar-refractivity contribution in [2.24, 2.45) is 0 Å². The van der Waals surface area contributed by atoms with Crippen molar-refractivity contribution in [1.29, 1.82) is 0 Å². The van der Waals surface area contributed by atoms with E-state index in [0.29, 0.717) is 23.0 Å². The van der Waals surface area contributed by atoms with Gasteiger partial charge < -0.3 is 58.3 Å². The normalized spacial score (nSPS) is 12.8. The quantitative estimate of drug-likeness (QED) is 0.0518. The van der Waals surface area contributed by atoms with Gasteiger partial charge in [-0.3, -0.25) is 0 Å². The number of benzene rings is 3. The molecule has 0 aliphatic carbocycles. The Bertz CT molecular complexity index is 1700. The number of aliphatic hydroxyl groups excluding tert-OH is 4. The third-order valence-electron chi connectivity index (χ3n) is 7.59. The molecule has 0 aromatic heterocycles. The third kappa shape index (κ3) is 17.9. The highest BCUT2D eigenvalue weighted by atomic mass is 16.6. The first-order valence-corrected chi connectivity index (χ1v) is 18.2. The molecule has 16 nitrogen and oxygen atoms in total. The number of hydrogen-bond acceptors (Lipinski definition) is 16. The topological polar surface area (TPSA) is 223 Å². The van der Waals surface area contributed by atoms with Crippen LogP contribution in [0.2, 0.25) is 0 Å². The minimum absolute atomic E-state index is 0.0506. The van der Waals surface area contributed by atoms with E-state index in [2.05, 4.69) is 13.2 Å². The van der Waals surface area contributed by atoms with Crippen molar-refractivity contribution in [3.8, 4) is 23.0 Å². The second kappa shape index (κ2) is 24.6. The van der Waals surface area contributed by atoms with E-state index >= 15 is 0 Å².